The zero-order chi connectivity index (χ0) is 23.6. The summed E-state index contributed by atoms with van der Waals surface area (Å²) in [6, 6.07) is 15.3. The smallest absolute Gasteiger partial charge is 0.408 e. The molecule has 0 aromatic heterocycles. The first-order chi connectivity index (χ1) is 15.9. The van der Waals surface area contributed by atoms with Crippen LogP contribution in [0.2, 0.25) is 0 Å². The van der Waals surface area contributed by atoms with Crippen LogP contribution in [0.3, 0.4) is 0 Å². The maximum atomic E-state index is 13.3. The van der Waals surface area contributed by atoms with Crippen molar-refractivity contribution in [3.05, 3.63) is 59.7 Å². The summed E-state index contributed by atoms with van der Waals surface area (Å²) in [7, 11) is 1.49. The standard InChI is InChI=1S/C26H30N2O5/c1-3-22(23(29)30)28(2)24(31)26(14-8-9-15-26)27-25(32)33-16-21-19-12-6-4-10-17(19)18-11-5-7-13-20(18)21/h4-7,10-13,21-22H,3,8-9,14-16H2,1-2H3,(H,27,32)(H,29,30). The maximum Gasteiger partial charge on any atom is 0.408 e. The molecule has 2 aliphatic rings. The molecular formula is C26H30N2O5. The molecule has 0 heterocycles. The van der Waals surface area contributed by atoms with Crippen molar-refractivity contribution >= 4 is 18.0 Å². The number of amides is 2. The summed E-state index contributed by atoms with van der Waals surface area (Å²) < 4.78 is 5.65. The Morgan fingerprint density at radius 1 is 1.06 bits per heavy atom. The van der Waals surface area contributed by atoms with E-state index >= 15 is 0 Å². The van der Waals surface area contributed by atoms with E-state index in [0.29, 0.717) is 19.3 Å². The monoisotopic (exact) mass is 450 g/mol. The second-order valence-electron chi connectivity index (χ2n) is 8.92. The van der Waals surface area contributed by atoms with Crippen molar-refractivity contribution in [1.82, 2.24) is 10.2 Å². The first-order valence-corrected chi connectivity index (χ1v) is 11.5. The summed E-state index contributed by atoms with van der Waals surface area (Å²) in [5.74, 6) is -1.50. The molecule has 1 unspecified atom stereocenters. The van der Waals surface area contributed by atoms with E-state index in [-0.39, 0.29) is 18.4 Å². The number of benzene rings is 2. The molecule has 1 saturated carbocycles. The zero-order valence-electron chi connectivity index (χ0n) is 19.0. The number of hydrogen-bond donors (Lipinski definition) is 2. The second-order valence-corrected chi connectivity index (χ2v) is 8.92. The van der Waals surface area contributed by atoms with E-state index in [2.05, 4.69) is 29.6 Å². The van der Waals surface area contributed by atoms with Gasteiger partial charge >= 0.3 is 12.1 Å². The van der Waals surface area contributed by atoms with Gasteiger partial charge in [0.1, 0.15) is 18.2 Å². The molecular weight excluding hydrogens is 420 g/mol. The topological polar surface area (TPSA) is 95.9 Å². The lowest BCUT2D eigenvalue weighted by Crippen LogP contribution is -2.60. The Labute approximate surface area is 193 Å². The lowest BCUT2D eigenvalue weighted by Gasteiger charge is -2.35. The highest BCUT2D eigenvalue weighted by Gasteiger charge is 2.46. The van der Waals surface area contributed by atoms with Crippen molar-refractivity contribution in [2.24, 2.45) is 0 Å². The quantitative estimate of drug-likeness (QED) is 0.660. The Morgan fingerprint density at radius 3 is 2.12 bits per heavy atom. The first kappa shape index (κ1) is 22.8. The van der Waals surface area contributed by atoms with Gasteiger partial charge in [-0.25, -0.2) is 9.59 Å². The van der Waals surface area contributed by atoms with E-state index in [9.17, 15) is 19.5 Å². The van der Waals surface area contributed by atoms with E-state index in [1.807, 2.05) is 24.3 Å². The van der Waals surface area contributed by atoms with Crippen LogP contribution in [-0.2, 0) is 14.3 Å². The fraction of sp³-hybridized carbons (Fsp3) is 0.423. The molecule has 7 heteroatoms. The molecule has 0 bridgehead atoms. The average Bonchev–Trinajstić information content (AvgIpc) is 3.41. The molecule has 2 aromatic rings. The van der Waals surface area contributed by atoms with Crippen molar-refractivity contribution in [3.8, 4) is 11.1 Å². The van der Waals surface area contributed by atoms with E-state index < -0.39 is 23.6 Å². The van der Waals surface area contributed by atoms with Crippen LogP contribution in [0.25, 0.3) is 11.1 Å². The van der Waals surface area contributed by atoms with Crippen LogP contribution in [-0.4, -0.2) is 53.2 Å². The SMILES string of the molecule is CCC(C(=O)O)N(C)C(=O)C1(NC(=O)OCC2c3ccccc3-c3ccccc32)CCCC1. The van der Waals surface area contributed by atoms with E-state index in [1.165, 1.54) is 11.9 Å². The molecule has 0 spiro atoms. The molecule has 7 nitrogen and oxygen atoms in total. The van der Waals surface area contributed by atoms with Crippen molar-refractivity contribution < 1.29 is 24.2 Å². The molecule has 0 radical (unpaired) electrons. The predicted molar refractivity (Wildman–Crippen MR) is 124 cm³/mol. The molecule has 0 saturated heterocycles. The van der Waals surface area contributed by atoms with Crippen molar-refractivity contribution in [3.63, 3.8) is 0 Å². The minimum absolute atomic E-state index is 0.0717. The number of fused-ring (bicyclic) bond motifs is 3. The van der Waals surface area contributed by atoms with Crippen LogP contribution >= 0.6 is 0 Å². The van der Waals surface area contributed by atoms with Gasteiger partial charge in [-0.15, -0.1) is 0 Å². The number of aliphatic carboxylic acids is 1. The van der Waals surface area contributed by atoms with Crippen LogP contribution < -0.4 is 5.32 Å². The Bertz CT molecular complexity index is 1010. The Morgan fingerprint density at radius 2 is 1.61 bits per heavy atom. The van der Waals surface area contributed by atoms with Crippen LogP contribution in [0.1, 0.15) is 56.1 Å². The summed E-state index contributed by atoms with van der Waals surface area (Å²) in [5, 5.41) is 12.3. The van der Waals surface area contributed by atoms with Gasteiger partial charge in [-0.1, -0.05) is 68.3 Å². The second kappa shape index (κ2) is 9.25. The normalized spacial score (nSPS) is 17.0. The van der Waals surface area contributed by atoms with Gasteiger partial charge in [0.2, 0.25) is 5.91 Å². The van der Waals surface area contributed by atoms with Gasteiger partial charge in [0, 0.05) is 13.0 Å². The van der Waals surface area contributed by atoms with Gasteiger partial charge in [-0.2, -0.15) is 0 Å². The number of carboxylic acid groups (broad SMARTS) is 1. The lowest BCUT2D eigenvalue weighted by atomic mass is 9.94. The Kier molecular flexibility index (Phi) is 6.40. The largest absolute Gasteiger partial charge is 0.480 e. The summed E-state index contributed by atoms with van der Waals surface area (Å²) in [5.41, 5.74) is 3.39. The van der Waals surface area contributed by atoms with Gasteiger partial charge in [0.25, 0.3) is 0 Å². The van der Waals surface area contributed by atoms with E-state index in [0.717, 1.165) is 35.1 Å². The number of alkyl carbamates (subject to hydrolysis) is 1. The molecule has 1 fully saturated rings. The maximum absolute atomic E-state index is 13.3. The minimum Gasteiger partial charge on any atom is -0.480 e. The van der Waals surface area contributed by atoms with Crippen LogP contribution in [0, 0.1) is 0 Å². The number of rotatable bonds is 7. The third-order valence-electron chi connectivity index (χ3n) is 7.01. The summed E-state index contributed by atoms with van der Waals surface area (Å²) in [6.07, 6.45) is 2.15. The Balaban J connectivity index is 1.48. The summed E-state index contributed by atoms with van der Waals surface area (Å²) in [4.78, 5) is 39.0. The van der Waals surface area contributed by atoms with Gasteiger partial charge in [-0.05, 0) is 41.5 Å². The van der Waals surface area contributed by atoms with Gasteiger partial charge in [-0.3, -0.25) is 4.79 Å². The molecule has 4 rings (SSSR count). The number of carbonyl (C=O) groups is 3. The van der Waals surface area contributed by atoms with Crippen LogP contribution in [0.15, 0.2) is 48.5 Å². The van der Waals surface area contributed by atoms with Crippen molar-refractivity contribution in [1.29, 1.82) is 0 Å². The number of ether oxygens (including phenoxy) is 1. The molecule has 2 aliphatic carbocycles. The summed E-state index contributed by atoms with van der Waals surface area (Å²) in [6.45, 7) is 1.88. The third-order valence-corrected chi connectivity index (χ3v) is 7.01. The zero-order valence-corrected chi connectivity index (χ0v) is 19.0. The molecule has 2 aromatic carbocycles. The van der Waals surface area contributed by atoms with Crippen molar-refractivity contribution in [2.45, 2.75) is 56.5 Å². The van der Waals surface area contributed by atoms with Crippen LogP contribution in [0.5, 0.6) is 0 Å². The van der Waals surface area contributed by atoms with Gasteiger partial charge in [0.05, 0.1) is 0 Å². The highest BCUT2D eigenvalue weighted by molar-refractivity contribution is 5.93. The van der Waals surface area contributed by atoms with Gasteiger partial charge < -0.3 is 20.1 Å². The van der Waals surface area contributed by atoms with Crippen molar-refractivity contribution in [2.75, 3.05) is 13.7 Å². The highest BCUT2D eigenvalue weighted by Crippen LogP contribution is 2.44. The predicted octanol–water partition coefficient (Wildman–Crippen LogP) is 4.16. The number of carbonyl (C=O) groups excluding carboxylic acids is 2. The lowest BCUT2D eigenvalue weighted by molar-refractivity contribution is -0.151. The van der Waals surface area contributed by atoms with Gasteiger partial charge in [0.15, 0.2) is 0 Å². The fourth-order valence-corrected chi connectivity index (χ4v) is 5.29. The number of nitrogens with zero attached hydrogens (tertiary/aromatic N) is 1. The molecule has 33 heavy (non-hydrogen) atoms. The fourth-order valence-electron chi connectivity index (χ4n) is 5.29. The van der Waals surface area contributed by atoms with E-state index in [1.54, 1.807) is 6.92 Å². The molecule has 2 amide bonds. The number of likely N-dealkylation sites (N-methyl/N-ethyl adjacent to an activating group) is 1. The molecule has 1 atom stereocenters. The summed E-state index contributed by atoms with van der Waals surface area (Å²) >= 11 is 0. The average molecular weight is 451 g/mol. The van der Waals surface area contributed by atoms with Crippen LogP contribution in [0.4, 0.5) is 4.79 Å². The number of nitrogens with one attached hydrogen (secondary N) is 1. The molecule has 174 valence electrons. The Hall–Kier alpha value is -3.35. The first-order valence-electron chi connectivity index (χ1n) is 11.5. The third kappa shape index (κ3) is 4.19. The van der Waals surface area contributed by atoms with E-state index in [4.69, 9.17) is 4.74 Å². The number of hydrogen-bond acceptors (Lipinski definition) is 4. The molecule has 2 N–H and O–H groups in total. The minimum atomic E-state index is -1.12. The highest BCUT2D eigenvalue weighted by atomic mass is 16.5. The molecule has 0 aliphatic heterocycles. The number of carboxylic acids is 1.